The van der Waals surface area contributed by atoms with Crippen LogP contribution >= 0.6 is 0 Å². The predicted molar refractivity (Wildman–Crippen MR) is 106 cm³/mol. The number of nitro groups is 1. The highest BCUT2D eigenvalue weighted by atomic mass is 16.6. The lowest BCUT2D eigenvalue weighted by Gasteiger charge is -2.32. The van der Waals surface area contributed by atoms with E-state index in [1.807, 2.05) is 0 Å². The smallest absolute Gasteiger partial charge is 0.213 e. The Morgan fingerprint density at radius 1 is 0.929 bits per heavy atom. The van der Waals surface area contributed by atoms with Gasteiger partial charge in [-0.3, -0.25) is 14.9 Å². The van der Waals surface area contributed by atoms with Crippen LogP contribution in [-0.2, 0) is 5.41 Å². The first-order valence-electron chi connectivity index (χ1n) is 8.83. The van der Waals surface area contributed by atoms with Crippen LogP contribution < -0.4 is 0 Å². The molecule has 0 heterocycles. The van der Waals surface area contributed by atoms with Gasteiger partial charge in [-0.05, 0) is 11.1 Å². The third-order valence-electron chi connectivity index (χ3n) is 4.86. The molecule has 0 spiro atoms. The molecule has 0 saturated carbocycles. The maximum Gasteiger partial charge on any atom is 0.213 e. The molecule has 0 saturated heterocycles. The van der Waals surface area contributed by atoms with Crippen molar-refractivity contribution in [2.45, 2.75) is 11.3 Å². The Morgan fingerprint density at radius 3 is 1.93 bits per heavy atom. The lowest BCUT2D eigenvalue weighted by Crippen LogP contribution is -2.43. The van der Waals surface area contributed by atoms with Crippen molar-refractivity contribution >= 4 is 5.78 Å². The first-order valence-corrected chi connectivity index (χ1v) is 8.83. The summed E-state index contributed by atoms with van der Waals surface area (Å²) in [5.74, 6) is -1.39. The maximum absolute atomic E-state index is 13.6. The molecule has 3 rings (SSSR count). The van der Waals surface area contributed by atoms with Crippen LogP contribution in [0.15, 0.2) is 91.0 Å². The van der Waals surface area contributed by atoms with Gasteiger partial charge < -0.3 is 0 Å². The first kappa shape index (κ1) is 19.0. The van der Waals surface area contributed by atoms with Crippen molar-refractivity contribution in [3.63, 3.8) is 0 Å². The third-order valence-corrected chi connectivity index (χ3v) is 4.86. The number of ketones is 1. The van der Waals surface area contributed by atoms with Crippen molar-refractivity contribution in [2.75, 3.05) is 6.54 Å². The van der Waals surface area contributed by atoms with Crippen molar-refractivity contribution in [1.82, 2.24) is 0 Å². The molecule has 5 nitrogen and oxygen atoms in total. The molecule has 0 N–H and O–H groups in total. The number of Topliss-reactive ketones (excluding diaryl/α,β-unsaturated/α-hetero) is 1. The second-order valence-corrected chi connectivity index (χ2v) is 6.46. The number of carbonyl (C=O) groups excluding carboxylic acids is 1. The van der Waals surface area contributed by atoms with Gasteiger partial charge in [0.15, 0.2) is 11.2 Å². The lowest BCUT2D eigenvalue weighted by molar-refractivity contribution is -0.484. The van der Waals surface area contributed by atoms with Gasteiger partial charge in [0.25, 0.3) is 0 Å². The molecular weight excluding hydrogens is 352 g/mol. The summed E-state index contributed by atoms with van der Waals surface area (Å²) in [4.78, 5) is 24.7. The van der Waals surface area contributed by atoms with E-state index in [1.165, 1.54) is 0 Å². The van der Waals surface area contributed by atoms with E-state index in [0.29, 0.717) is 16.7 Å². The summed E-state index contributed by atoms with van der Waals surface area (Å²) in [7, 11) is 0. The summed E-state index contributed by atoms with van der Waals surface area (Å²) in [6.07, 6.45) is 0. The van der Waals surface area contributed by atoms with E-state index in [1.54, 1.807) is 91.0 Å². The molecule has 0 aromatic heterocycles. The Labute approximate surface area is 163 Å². The SMILES string of the molecule is N#C[C@@](C(=O)c1ccccc1)(c1ccccc1)[C@@H](C[N+](=O)[O-])c1ccccc1. The van der Waals surface area contributed by atoms with Crippen LogP contribution in [0.5, 0.6) is 0 Å². The average molecular weight is 370 g/mol. The topological polar surface area (TPSA) is 84.0 Å². The summed E-state index contributed by atoms with van der Waals surface area (Å²) in [6, 6.07) is 28.0. The highest BCUT2D eigenvalue weighted by Gasteiger charge is 2.51. The van der Waals surface area contributed by atoms with Gasteiger partial charge in [0.1, 0.15) is 0 Å². The molecule has 0 aliphatic rings. The summed E-state index contributed by atoms with van der Waals surface area (Å²) >= 11 is 0. The highest BCUT2D eigenvalue weighted by molar-refractivity contribution is 6.07. The molecule has 3 aromatic carbocycles. The number of hydrogen-bond acceptors (Lipinski definition) is 4. The summed E-state index contributed by atoms with van der Waals surface area (Å²) < 4.78 is 0. The molecule has 0 fully saturated rings. The van der Waals surface area contributed by atoms with E-state index < -0.39 is 28.6 Å². The zero-order chi connectivity index (χ0) is 20.0. The van der Waals surface area contributed by atoms with Crippen molar-refractivity contribution in [3.05, 3.63) is 118 Å². The van der Waals surface area contributed by atoms with Gasteiger partial charge in [-0.2, -0.15) is 5.26 Å². The van der Waals surface area contributed by atoms with Gasteiger partial charge in [0.2, 0.25) is 6.54 Å². The van der Waals surface area contributed by atoms with Crippen LogP contribution in [0.3, 0.4) is 0 Å². The molecule has 3 aromatic rings. The molecule has 5 heteroatoms. The molecule has 138 valence electrons. The van der Waals surface area contributed by atoms with E-state index in [9.17, 15) is 20.2 Å². The molecule has 0 aliphatic carbocycles. The largest absolute Gasteiger partial charge is 0.292 e. The molecule has 28 heavy (non-hydrogen) atoms. The molecule has 0 aliphatic heterocycles. The Balaban J connectivity index is 2.29. The lowest BCUT2D eigenvalue weighted by atomic mass is 9.64. The van der Waals surface area contributed by atoms with Gasteiger partial charge in [0.05, 0.1) is 12.0 Å². The number of carbonyl (C=O) groups is 1. The number of nitrogens with zero attached hydrogens (tertiary/aromatic N) is 2. The van der Waals surface area contributed by atoms with Crippen LogP contribution in [0.25, 0.3) is 0 Å². The minimum Gasteiger partial charge on any atom is -0.292 e. The molecule has 0 unspecified atom stereocenters. The second-order valence-electron chi connectivity index (χ2n) is 6.46. The summed E-state index contributed by atoms with van der Waals surface area (Å²) in [6.45, 7) is -0.537. The van der Waals surface area contributed by atoms with Gasteiger partial charge in [-0.15, -0.1) is 0 Å². The van der Waals surface area contributed by atoms with E-state index in [0.717, 1.165) is 0 Å². The van der Waals surface area contributed by atoms with Crippen LogP contribution in [0.4, 0.5) is 0 Å². The second kappa shape index (κ2) is 8.28. The van der Waals surface area contributed by atoms with Crippen molar-refractivity contribution < 1.29 is 9.72 Å². The first-order chi connectivity index (χ1) is 13.6. The zero-order valence-corrected chi connectivity index (χ0v) is 15.1. The Kier molecular flexibility index (Phi) is 5.61. The molecular formula is C23H18N2O3. The number of hydrogen-bond donors (Lipinski definition) is 0. The average Bonchev–Trinajstić information content (AvgIpc) is 2.75. The molecule has 0 bridgehead atoms. The predicted octanol–water partition coefficient (Wildman–Crippen LogP) is 4.39. The Hall–Kier alpha value is -3.78. The van der Waals surface area contributed by atoms with Crippen LogP contribution in [0, 0.1) is 21.4 Å². The fourth-order valence-corrected chi connectivity index (χ4v) is 3.53. The van der Waals surface area contributed by atoms with E-state index in [-0.39, 0.29) is 0 Å². The van der Waals surface area contributed by atoms with Gasteiger partial charge in [0, 0.05) is 10.5 Å². The minimum atomic E-state index is -1.73. The van der Waals surface area contributed by atoms with Crippen LogP contribution in [0.2, 0.25) is 0 Å². The maximum atomic E-state index is 13.6. The Bertz CT molecular complexity index is 998. The van der Waals surface area contributed by atoms with Gasteiger partial charge >= 0.3 is 0 Å². The summed E-state index contributed by atoms with van der Waals surface area (Å²) in [5.41, 5.74) is -0.357. The third kappa shape index (κ3) is 3.53. The molecule has 0 radical (unpaired) electrons. The standard InChI is InChI=1S/C23H18N2O3/c24-17-23(20-14-8-3-9-15-20,22(26)19-12-6-2-7-13-19)21(16-25(27)28)18-10-4-1-5-11-18/h1-15,21H,16H2/t21-,23+/m0/s1. The monoisotopic (exact) mass is 370 g/mol. The van der Waals surface area contributed by atoms with E-state index >= 15 is 0 Å². The Morgan fingerprint density at radius 2 is 1.43 bits per heavy atom. The van der Waals surface area contributed by atoms with E-state index in [2.05, 4.69) is 6.07 Å². The molecule has 2 atom stereocenters. The van der Waals surface area contributed by atoms with Crippen molar-refractivity contribution in [3.8, 4) is 6.07 Å². The fourth-order valence-electron chi connectivity index (χ4n) is 3.53. The van der Waals surface area contributed by atoms with Crippen molar-refractivity contribution in [1.29, 1.82) is 5.26 Å². The highest BCUT2D eigenvalue weighted by Crippen LogP contribution is 2.42. The molecule has 0 amide bonds. The van der Waals surface area contributed by atoms with Crippen molar-refractivity contribution in [2.24, 2.45) is 0 Å². The number of benzene rings is 3. The zero-order valence-electron chi connectivity index (χ0n) is 15.1. The number of rotatable bonds is 7. The van der Waals surface area contributed by atoms with Gasteiger partial charge in [-0.25, -0.2) is 0 Å². The summed E-state index contributed by atoms with van der Waals surface area (Å²) in [5, 5.41) is 21.8. The quantitative estimate of drug-likeness (QED) is 0.351. The van der Waals surface area contributed by atoms with Gasteiger partial charge in [-0.1, -0.05) is 91.0 Å². The van der Waals surface area contributed by atoms with Crippen LogP contribution in [0.1, 0.15) is 27.4 Å². The minimum absolute atomic E-state index is 0.345. The normalized spacial score (nSPS) is 13.7. The fraction of sp³-hybridized carbons (Fsp3) is 0.130. The van der Waals surface area contributed by atoms with E-state index in [4.69, 9.17) is 0 Å². The van der Waals surface area contributed by atoms with Crippen LogP contribution in [-0.4, -0.2) is 17.3 Å². The number of nitriles is 1.